The molecule has 6 heteroatoms. The van der Waals surface area contributed by atoms with Crippen LogP contribution < -0.4 is 0 Å². The molecule has 1 amide bonds. The molecular formula is C11H20N2O4. The molecule has 0 saturated carbocycles. The highest BCUT2D eigenvalue weighted by Gasteiger charge is 2.21. The number of carbonyl (C=O) groups is 2. The van der Waals surface area contributed by atoms with Crippen molar-refractivity contribution in [3.8, 4) is 0 Å². The van der Waals surface area contributed by atoms with E-state index in [2.05, 4.69) is 0 Å². The van der Waals surface area contributed by atoms with Gasteiger partial charge in [0, 0.05) is 46.3 Å². The van der Waals surface area contributed by atoms with Crippen LogP contribution in [-0.4, -0.2) is 73.2 Å². The molecule has 0 aromatic rings. The van der Waals surface area contributed by atoms with Gasteiger partial charge < -0.3 is 14.7 Å². The third-order valence-electron chi connectivity index (χ3n) is 2.82. The Morgan fingerprint density at radius 1 is 1.24 bits per heavy atom. The zero-order valence-electron chi connectivity index (χ0n) is 10.2. The molecule has 6 nitrogen and oxygen atoms in total. The Kier molecular flexibility index (Phi) is 5.93. The fraction of sp³-hybridized carbons (Fsp3) is 0.818. The summed E-state index contributed by atoms with van der Waals surface area (Å²) in [5, 5.41) is 8.65. The Bertz CT molecular complexity index is 262. The van der Waals surface area contributed by atoms with E-state index in [1.54, 1.807) is 12.0 Å². The molecule has 17 heavy (non-hydrogen) atoms. The van der Waals surface area contributed by atoms with Gasteiger partial charge in [-0.05, 0) is 6.42 Å². The fourth-order valence-corrected chi connectivity index (χ4v) is 1.87. The number of rotatable bonds is 6. The van der Waals surface area contributed by atoms with Crippen LogP contribution in [0.4, 0.5) is 0 Å². The van der Waals surface area contributed by atoms with Crippen molar-refractivity contribution in [2.75, 3.05) is 46.4 Å². The number of carbonyl (C=O) groups excluding carboxylic acids is 1. The Morgan fingerprint density at radius 2 is 1.88 bits per heavy atom. The molecule has 1 fully saturated rings. The predicted octanol–water partition coefficient (Wildman–Crippen LogP) is -0.358. The lowest BCUT2D eigenvalue weighted by atomic mass is 10.2. The van der Waals surface area contributed by atoms with Crippen molar-refractivity contribution in [1.29, 1.82) is 0 Å². The van der Waals surface area contributed by atoms with Gasteiger partial charge in [0.1, 0.15) is 0 Å². The van der Waals surface area contributed by atoms with E-state index in [-0.39, 0.29) is 12.5 Å². The van der Waals surface area contributed by atoms with E-state index in [9.17, 15) is 9.59 Å². The van der Waals surface area contributed by atoms with Gasteiger partial charge >= 0.3 is 5.97 Å². The molecule has 0 bridgehead atoms. The van der Waals surface area contributed by atoms with E-state index < -0.39 is 5.97 Å². The lowest BCUT2D eigenvalue weighted by Gasteiger charge is -2.33. The Labute approximate surface area is 101 Å². The molecule has 1 rings (SSSR count). The van der Waals surface area contributed by atoms with Crippen LogP contribution in [0, 0.1) is 0 Å². The van der Waals surface area contributed by atoms with Crippen LogP contribution in [0.3, 0.4) is 0 Å². The summed E-state index contributed by atoms with van der Waals surface area (Å²) in [6.45, 7) is 3.19. The molecule has 98 valence electrons. The highest BCUT2D eigenvalue weighted by atomic mass is 16.5. The average molecular weight is 244 g/mol. The summed E-state index contributed by atoms with van der Waals surface area (Å²) in [5.41, 5.74) is 0. The van der Waals surface area contributed by atoms with Crippen LogP contribution in [0.1, 0.15) is 12.8 Å². The minimum Gasteiger partial charge on any atom is -0.480 e. The number of aliphatic carboxylic acids is 1. The zero-order valence-corrected chi connectivity index (χ0v) is 10.2. The maximum Gasteiger partial charge on any atom is 0.317 e. The lowest BCUT2D eigenvalue weighted by Crippen LogP contribution is -2.49. The predicted molar refractivity (Wildman–Crippen MR) is 61.8 cm³/mol. The lowest BCUT2D eigenvalue weighted by molar-refractivity contribution is -0.139. The minimum absolute atomic E-state index is 0.0612. The van der Waals surface area contributed by atoms with E-state index in [1.165, 1.54) is 0 Å². The van der Waals surface area contributed by atoms with Crippen molar-refractivity contribution in [2.45, 2.75) is 12.8 Å². The summed E-state index contributed by atoms with van der Waals surface area (Å²) < 4.78 is 4.90. The summed E-state index contributed by atoms with van der Waals surface area (Å²) in [4.78, 5) is 25.9. The molecular weight excluding hydrogens is 224 g/mol. The molecule has 0 aromatic carbocycles. The third-order valence-corrected chi connectivity index (χ3v) is 2.82. The summed E-state index contributed by atoms with van der Waals surface area (Å²) in [7, 11) is 1.62. The molecule has 1 aliphatic heterocycles. The van der Waals surface area contributed by atoms with Crippen molar-refractivity contribution in [3.05, 3.63) is 0 Å². The summed E-state index contributed by atoms with van der Waals surface area (Å²) in [6, 6.07) is 0. The standard InChI is InChI=1S/C11H20N2O4/c1-17-8-2-3-10(14)13-6-4-12(5-7-13)9-11(15)16/h2-9H2,1H3,(H,15,16). The maximum atomic E-state index is 11.7. The minimum atomic E-state index is -0.815. The van der Waals surface area contributed by atoms with Gasteiger partial charge in [0.25, 0.3) is 0 Å². The van der Waals surface area contributed by atoms with Crippen molar-refractivity contribution < 1.29 is 19.4 Å². The van der Waals surface area contributed by atoms with E-state index in [0.29, 0.717) is 39.2 Å². The van der Waals surface area contributed by atoms with Crippen LogP contribution in [0.2, 0.25) is 0 Å². The first-order valence-electron chi connectivity index (χ1n) is 5.84. The smallest absolute Gasteiger partial charge is 0.317 e. The Morgan fingerprint density at radius 3 is 2.41 bits per heavy atom. The second-order valence-electron chi connectivity index (χ2n) is 4.15. The van der Waals surface area contributed by atoms with Gasteiger partial charge in [-0.2, -0.15) is 0 Å². The average Bonchev–Trinajstić information content (AvgIpc) is 2.29. The first-order chi connectivity index (χ1) is 8.13. The normalized spacial score (nSPS) is 17.1. The Balaban J connectivity index is 2.21. The van der Waals surface area contributed by atoms with Crippen molar-refractivity contribution in [2.24, 2.45) is 0 Å². The molecule has 0 atom stereocenters. The highest BCUT2D eigenvalue weighted by Crippen LogP contribution is 2.05. The van der Waals surface area contributed by atoms with Crippen LogP contribution in [0.15, 0.2) is 0 Å². The topological polar surface area (TPSA) is 70.1 Å². The number of nitrogens with zero attached hydrogens (tertiary/aromatic N) is 2. The largest absolute Gasteiger partial charge is 0.480 e. The molecule has 0 radical (unpaired) electrons. The maximum absolute atomic E-state index is 11.7. The summed E-state index contributed by atoms with van der Waals surface area (Å²) in [5.74, 6) is -0.679. The van der Waals surface area contributed by atoms with E-state index >= 15 is 0 Å². The number of hydrogen-bond donors (Lipinski definition) is 1. The van der Waals surface area contributed by atoms with Crippen LogP contribution in [0.5, 0.6) is 0 Å². The second kappa shape index (κ2) is 7.24. The SMILES string of the molecule is COCCCC(=O)N1CCN(CC(=O)O)CC1. The monoisotopic (exact) mass is 244 g/mol. The summed E-state index contributed by atoms with van der Waals surface area (Å²) in [6.07, 6.45) is 1.25. The van der Waals surface area contributed by atoms with Crippen molar-refractivity contribution in [1.82, 2.24) is 9.80 Å². The van der Waals surface area contributed by atoms with Gasteiger partial charge in [0.15, 0.2) is 0 Å². The van der Waals surface area contributed by atoms with Gasteiger partial charge in [-0.15, -0.1) is 0 Å². The molecule has 0 aliphatic carbocycles. The van der Waals surface area contributed by atoms with Gasteiger partial charge in [0.05, 0.1) is 6.54 Å². The number of methoxy groups -OCH3 is 1. The van der Waals surface area contributed by atoms with Crippen LogP contribution in [0.25, 0.3) is 0 Å². The van der Waals surface area contributed by atoms with Gasteiger partial charge in [-0.25, -0.2) is 0 Å². The van der Waals surface area contributed by atoms with E-state index in [4.69, 9.17) is 9.84 Å². The summed E-state index contributed by atoms with van der Waals surface area (Å²) >= 11 is 0. The first kappa shape index (κ1) is 13.9. The number of amides is 1. The zero-order chi connectivity index (χ0) is 12.7. The molecule has 1 N–H and O–H groups in total. The number of carboxylic acids is 1. The van der Waals surface area contributed by atoms with Crippen molar-refractivity contribution in [3.63, 3.8) is 0 Å². The van der Waals surface area contributed by atoms with Gasteiger partial charge in [-0.3, -0.25) is 14.5 Å². The van der Waals surface area contributed by atoms with E-state index in [0.717, 1.165) is 6.42 Å². The Hall–Kier alpha value is -1.14. The number of ether oxygens (including phenoxy) is 1. The van der Waals surface area contributed by atoms with Gasteiger partial charge in [0.2, 0.25) is 5.91 Å². The molecule has 0 spiro atoms. The first-order valence-corrected chi connectivity index (χ1v) is 5.84. The molecule has 1 heterocycles. The molecule has 1 saturated heterocycles. The third kappa shape index (κ3) is 5.14. The number of piperazine rings is 1. The van der Waals surface area contributed by atoms with Crippen molar-refractivity contribution >= 4 is 11.9 Å². The highest BCUT2D eigenvalue weighted by molar-refractivity contribution is 5.76. The molecule has 0 unspecified atom stereocenters. The quantitative estimate of drug-likeness (QED) is 0.646. The van der Waals surface area contributed by atoms with Gasteiger partial charge in [-0.1, -0.05) is 0 Å². The van der Waals surface area contributed by atoms with Crippen LogP contribution in [-0.2, 0) is 14.3 Å². The van der Waals surface area contributed by atoms with Crippen LogP contribution >= 0.6 is 0 Å². The molecule has 1 aliphatic rings. The number of hydrogen-bond acceptors (Lipinski definition) is 4. The van der Waals surface area contributed by atoms with E-state index in [1.807, 2.05) is 4.90 Å². The fourth-order valence-electron chi connectivity index (χ4n) is 1.87. The molecule has 0 aromatic heterocycles. The number of carboxylic acid groups (broad SMARTS) is 1. The second-order valence-corrected chi connectivity index (χ2v) is 4.15.